The van der Waals surface area contributed by atoms with Crippen LogP contribution in [0.4, 0.5) is 14.5 Å². The second-order valence-electron chi connectivity index (χ2n) is 6.71. The molecular formula is C20H26F2N3O+. The first-order chi connectivity index (χ1) is 12.3. The Morgan fingerprint density at radius 2 is 1.69 bits per heavy atom. The quantitative estimate of drug-likeness (QED) is 0.821. The van der Waals surface area contributed by atoms with Gasteiger partial charge in [0.25, 0.3) is 5.91 Å². The average Bonchev–Trinajstić information content (AvgIpc) is 2.62. The first-order valence-electron chi connectivity index (χ1n) is 8.56. The maximum Gasteiger partial charge on any atom is 0.277 e. The van der Waals surface area contributed by atoms with Gasteiger partial charge in [-0.25, -0.2) is 8.78 Å². The summed E-state index contributed by atoms with van der Waals surface area (Å²) in [7, 11) is 5.72. The molecule has 2 N–H and O–H groups in total. The number of halogens is 2. The van der Waals surface area contributed by atoms with Crippen LogP contribution in [0.15, 0.2) is 42.5 Å². The number of hydrogen-bond acceptors (Lipinski definition) is 2. The molecule has 26 heavy (non-hydrogen) atoms. The summed E-state index contributed by atoms with van der Waals surface area (Å²) >= 11 is 0. The molecule has 0 aromatic heterocycles. The van der Waals surface area contributed by atoms with Gasteiger partial charge < -0.3 is 15.1 Å². The third-order valence-electron chi connectivity index (χ3n) is 4.41. The lowest BCUT2D eigenvalue weighted by molar-refractivity contribution is -0.683. The normalized spacial score (nSPS) is 11.9. The van der Waals surface area contributed by atoms with Gasteiger partial charge in [0.2, 0.25) is 0 Å². The van der Waals surface area contributed by atoms with Crippen LogP contribution < -0.4 is 10.2 Å². The number of carbonyl (C=O) groups is 1. The smallest absolute Gasteiger partial charge is 0.277 e. The molecule has 0 saturated carbocycles. The highest BCUT2D eigenvalue weighted by Gasteiger charge is 2.16. The maximum absolute atomic E-state index is 13.3. The van der Waals surface area contributed by atoms with Crippen LogP contribution in [0.25, 0.3) is 0 Å². The summed E-state index contributed by atoms with van der Waals surface area (Å²) in [6.07, 6.45) is 0. The fourth-order valence-corrected chi connectivity index (χ4v) is 2.63. The third kappa shape index (κ3) is 5.26. The lowest BCUT2D eigenvalue weighted by atomic mass is 10.1. The van der Waals surface area contributed by atoms with Gasteiger partial charge in [-0.2, -0.15) is 0 Å². The van der Waals surface area contributed by atoms with Crippen LogP contribution in [0.3, 0.4) is 0 Å². The molecule has 0 aliphatic heterocycles. The Balaban J connectivity index is 1.87. The van der Waals surface area contributed by atoms with Crippen molar-refractivity contribution in [1.82, 2.24) is 4.90 Å². The molecule has 0 aliphatic rings. The predicted molar refractivity (Wildman–Crippen MR) is 98.8 cm³/mol. The zero-order valence-corrected chi connectivity index (χ0v) is 15.7. The van der Waals surface area contributed by atoms with Crippen LogP contribution in [0.5, 0.6) is 0 Å². The van der Waals surface area contributed by atoms with Crippen LogP contribution in [-0.2, 0) is 11.3 Å². The Labute approximate surface area is 153 Å². The van der Waals surface area contributed by atoms with E-state index in [1.165, 1.54) is 6.07 Å². The van der Waals surface area contributed by atoms with E-state index in [0.29, 0.717) is 12.1 Å². The number of hydrogen-bond donors (Lipinski definition) is 1. The number of nitrogens with two attached hydrogens (primary N) is 1. The molecule has 0 radical (unpaired) electrons. The molecule has 6 heteroatoms. The summed E-state index contributed by atoms with van der Waals surface area (Å²) in [5.41, 5.74) is 2.81. The van der Waals surface area contributed by atoms with Crippen molar-refractivity contribution in [3.05, 3.63) is 65.2 Å². The Morgan fingerprint density at radius 1 is 1.04 bits per heavy atom. The highest BCUT2D eigenvalue weighted by atomic mass is 19.2. The molecule has 0 saturated heterocycles. The number of anilines is 1. The molecule has 4 nitrogen and oxygen atoms in total. The van der Waals surface area contributed by atoms with E-state index in [9.17, 15) is 13.6 Å². The van der Waals surface area contributed by atoms with Crippen LogP contribution in [-0.4, -0.2) is 38.5 Å². The topological polar surface area (TPSA) is 40.2 Å². The van der Waals surface area contributed by atoms with Crippen molar-refractivity contribution in [3.8, 4) is 0 Å². The first kappa shape index (κ1) is 19.8. The lowest BCUT2D eigenvalue weighted by Crippen LogP contribution is -2.87. The SMILES string of the molecule is C[C@H]([NH2+]CC(=O)N(C)Cc1ccc(N(C)C)cc1)c1ccc(F)c(F)c1. The summed E-state index contributed by atoms with van der Waals surface area (Å²) in [5.74, 6) is -1.75. The molecule has 0 fully saturated rings. The molecule has 1 atom stereocenters. The van der Waals surface area contributed by atoms with E-state index in [1.807, 2.05) is 55.5 Å². The molecule has 1 amide bonds. The van der Waals surface area contributed by atoms with Gasteiger partial charge in [-0.1, -0.05) is 12.1 Å². The minimum atomic E-state index is -0.868. The molecule has 0 aliphatic carbocycles. The summed E-state index contributed by atoms with van der Waals surface area (Å²) in [5, 5.41) is 1.82. The number of nitrogens with zero attached hydrogens (tertiary/aromatic N) is 2. The van der Waals surface area contributed by atoms with Gasteiger partial charge in [0, 0.05) is 38.9 Å². The Bertz CT molecular complexity index is 747. The van der Waals surface area contributed by atoms with Crippen molar-refractivity contribution in [2.45, 2.75) is 19.5 Å². The molecule has 140 valence electrons. The highest BCUT2D eigenvalue weighted by molar-refractivity contribution is 5.76. The van der Waals surface area contributed by atoms with E-state index >= 15 is 0 Å². The van der Waals surface area contributed by atoms with Crippen molar-refractivity contribution >= 4 is 11.6 Å². The second kappa shape index (κ2) is 8.76. The summed E-state index contributed by atoms with van der Waals surface area (Å²) < 4.78 is 26.3. The van der Waals surface area contributed by atoms with Crippen LogP contribution in [0.2, 0.25) is 0 Å². The van der Waals surface area contributed by atoms with Crippen LogP contribution in [0, 0.1) is 11.6 Å². The minimum absolute atomic E-state index is 0.0175. The molecular weight excluding hydrogens is 336 g/mol. The van der Waals surface area contributed by atoms with Crippen molar-refractivity contribution in [2.75, 3.05) is 32.6 Å². The Hall–Kier alpha value is -2.47. The molecule has 2 aromatic carbocycles. The average molecular weight is 362 g/mol. The van der Waals surface area contributed by atoms with E-state index in [-0.39, 0.29) is 18.5 Å². The van der Waals surface area contributed by atoms with E-state index in [1.54, 1.807) is 18.0 Å². The van der Waals surface area contributed by atoms with Gasteiger partial charge in [0.15, 0.2) is 18.2 Å². The molecule has 0 heterocycles. The number of carbonyl (C=O) groups excluding carboxylic acids is 1. The molecule has 0 bridgehead atoms. The van der Waals surface area contributed by atoms with E-state index in [2.05, 4.69) is 0 Å². The monoisotopic (exact) mass is 362 g/mol. The standard InChI is InChI=1S/C20H25F2N3O/c1-14(16-7-10-18(21)19(22)11-16)23-12-20(26)25(4)13-15-5-8-17(9-6-15)24(2)3/h5-11,14,23H,12-13H2,1-4H3/p+1/t14-/m0/s1. The van der Waals surface area contributed by atoms with Crippen molar-refractivity contribution in [2.24, 2.45) is 0 Å². The molecule has 0 unspecified atom stereocenters. The lowest BCUT2D eigenvalue weighted by Gasteiger charge is -2.19. The van der Waals surface area contributed by atoms with E-state index in [4.69, 9.17) is 0 Å². The second-order valence-corrected chi connectivity index (χ2v) is 6.71. The number of amides is 1. The van der Waals surface area contributed by atoms with Gasteiger partial charge in [-0.05, 0) is 42.8 Å². The van der Waals surface area contributed by atoms with Gasteiger partial charge in [-0.15, -0.1) is 0 Å². The molecule has 0 spiro atoms. The van der Waals surface area contributed by atoms with Gasteiger partial charge in [0.05, 0.1) is 0 Å². The highest BCUT2D eigenvalue weighted by Crippen LogP contribution is 2.14. The number of quaternary nitrogens is 1. The van der Waals surface area contributed by atoms with Crippen molar-refractivity contribution < 1.29 is 18.9 Å². The van der Waals surface area contributed by atoms with Gasteiger partial charge in [-0.3, -0.25) is 4.79 Å². The fourth-order valence-electron chi connectivity index (χ4n) is 2.63. The molecule has 2 aromatic rings. The summed E-state index contributed by atoms with van der Waals surface area (Å²) in [6, 6.07) is 11.7. The van der Waals surface area contributed by atoms with Crippen LogP contribution in [0.1, 0.15) is 24.1 Å². The van der Waals surface area contributed by atoms with Gasteiger partial charge in [0.1, 0.15) is 6.04 Å². The largest absolute Gasteiger partial charge is 0.378 e. The first-order valence-corrected chi connectivity index (χ1v) is 8.56. The number of rotatable bonds is 7. The molecule has 2 rings (SSSR count). The zero-order chi connectivity index (χ0) is 19.3. The van der Waals surface area contributed by atoms with Crippen molar-refractivity contribution in [1.29, 1.82) is 0 Å². The Morgan fingerprint density at radius 3 is 2.27 bits per heavy atom. The maximum atomic E-state index is 13.3. The fraction of sp³-hybridized carbons (Fsp3) is 0.350. The summed E-state index contributed by atoms with van der Waals surface area (Å²) in [4.78, 5) is 16.0. The number of benzene rings is 2. The van der Waals surface area contributed by atoms with Crippen molar-refractivity contribution in [3.63, 3.8) is 0 Å². The van der Waals surface area contributed by atoms with E-state index in [0.717, 1.165) is 17.3 Å². The van der Waals surface area contributed by atoms with Crippen LogP contribution >= 0.6 is 0 Å². The van der Waals surface area contributed by atoms with E-state index < -0.39 is 11.6 Å². The zero-order valence-electron chi connectivity index (χ0n) is 15.7. The summed E-state index contributed by atoms with van der Waals surface area (Å²) in [6.45, 7) is 2.63. The number of likely N-dealkylation sites (N-methyl/N-ethyl adjacent to an activating group) is 1. The Kier molecular flexibility index (Phi) is 6.69. The van der Waals surface area contributed by atoms with Gasteiger partial charge >= 0.3 is 0 Å². The predicted octanol–water partition coefficient (Wildman–Crippen LogP) is 2.31. The minimum Gasteiger partial charge on any atom is -0.378 e. The third-order valence-corrected chi connectivity index (χ3v) is 4.41.